The zero-order chi connectivity index (χ0) is 24.1. The van der Waals surface area contributed by atoms with E-state index in [1.165, 1.54) is 10.4 Å². The molecule has 2 fully saturated rings. The van der Waals surface area contributed by atoms with E-state index in [0.29, 0.717) is 36.6 Å². The highest BCUT2D eigenvalue weighted by molar-refractivity contribution is 7.89. The first-order valence-corrected chi connectivity index (χ1v) is 13.1. The van der Waals surface area contributed by atoms with Crippen molar-refractivity contribution >= 4 is 33.3 Å². The summed E-state index contributed by atoms with van der Waals surface area (Å²) >= 11 is 0. The number of piperidine rings is 1. The van der Waals surface area contributed by atoms with E-state index in [1.54, 1.807) is 43.3 Å². The van der Waals surface area contributed by atoms with Crippen molar-refractivity contribution in [2.24, 2.45) is 0 Å². The van der Waals surface area contributed by atoms with E-state index in [9.17, 15) is 18.0 Å². The fraction of sp³-hybridized carbons (Fsp3) is 0.417. The predicted octanol–water partition coefficient (Wildman–Crippen LogP) is 3.80. The van der Waals surface area contributed by atoms with E-state index in [2.05, 4.69) is 16.0 Å². The van der Waals surface area contributed by atoms with Crippen LogP contribution in [0.3, 0.4) is 0 Å². The van der Waals surface area contributed by atoms with Crippen LogP contribution in [0.5, 0.6) is 5.75 Å². The first kappa shape index (κ1) is 24.0. The van der Waals surface area contributed by atoms with Crippen molar-refractivity contribution in [3.8, 4) is 5.75 Å². The first-order valence-electron chi connectivity index (χ1n) is 11.6. The van der Waals surface area contributed by atoms with Crippen LogP contribution < -0.4 is 20.7 Å². The molecule has 0 aromatic heterocycles. The summed E-state index contributed by atoms with van der Waals surface area (Å²) in [5.41, 5.74) is 1.17. The van der Waals surface area contributed by atoms with Gasteiger partial charge in [0.25, 0.3) is 5.91 Å². The third kappa shape index (κ3) is 5.87. The molecule has 0 atom stereocenters. The molecule has 1 saturated carbocycles. The molecule has 1 heterocycles. The predicted molar refractivity (Wildman–Crippen MR) is 130 cm³/mol. The average molecular weight is 487 g/mol. The van der Waals surface area contributed by atoms with Crippen molar-refractivity contribution in [1.29, 1.82) is 0 Å². The summed E-state index contributed by atoms with van der Waals surface area (Å²) in [7, 11) is -3.76. The maximum atomic E-state index is 13.3. The lowest BCUT2D eigenvalue weighted by molar-refractivity contribution is 0.102. The van der Waals surface area contributed by atoms with E-state index in [0.717, 1.165) is 32.1 Å². The van der Waals surface area contributed by atoms with E-state index in [4.69, 9.17) is 4.74 Å². The molecule has 0 unspecified atom stereocenters. The third-order valence-electron chi connectivity index (χ3n) is 5.73. The number of nitrogens with zero attached hydrogens (tertiary/aromatic N) is 1. The summed E-state index contributed by atoms with van der Waals surface area (Å²) in [5.74, 6) is -0.157. The molecule has 2 aromatic rings. The minimum atomic E-state index is -3.76. The number of ether oxygens (including phenoxy) is 1. The first-order chi connectivity index (χ1) is 16.4. The minimum absolute atomic E-state index is 0.0428. The van der Waals surface area contributed by atoms with Gasteiger partial charge in [0, 0.05) is 36.1 Å². The van der Waals surface area contributed by atoms with Gasteiger partial charge in [-0.05, 0) is 69.0 Å². The van der Waals surface area contributed by atoms with Crippen molar-refractivity contribution in [1.82, 2.24) is 9.62 Å². The van der Waals surface area contributed by atoms with Crippen LogP contribution in [0, 0.1) is 0 Å². The summed E-state index contributed by atoms with van der Waals surface area (Å²) in [6, 6.07) is 11.1. The van der Waals surface area contributed by atoms with Gasteiger partial charge in [-0.25, -0.2) is 13.2 Å². The fourth-order valence-electron chi connectivity index (χ4n) is 3.83. The molecule has 1 saturated heterocycles. The third-order valence-corrected chi connectivity index (χ3v) is 7.65. The second-order valence-electron chi connectivity index (χ2n) is 8.47. The smallest absolute Gasteiger partial charge is 0.319 e. The molecule has 3 N–H and O–H groups in total. The lowest BCUT2D eigenvalue weighted by atomic mass is 10.2. The van der Waals surface area contributed by atoms with Gasteiger partial charge in [-0.1, -0.05) is 12.5 Å². The Hall–Kier alpha value is -3.11. The largest absolute Gasteiger partial charge is 0.492 e. The second kappa shape index (κ2) is 10.4. The highest BCUT2D eigenvalue weighted by atomic mass is 32.2. The SMILES string of the molecule is CCOc1ccc(NC(=O)c2cccc(NC(=O)NC3CC3)c2)cc1S(=O)(=O)N1CCCCC1. The van der Waals surface area contributed by atoms with Crippen LogP contribution in [0.2, 0.25) is 0 Å². The van der Waals surface area contributed by atoms with Crippen LogP contribution in [0.15, 0.2) is 47.4 Å². The van der Waals surface area contributed by atoms with Crippen molar-refractivity contribution in [3.63, 3.8) is 0 Å². The summed E-state index contributed by atoms with van der Waals surface area (Å²) in [6.45, 7) is 3.05. The number of sulfonamides is 1. The number of nitrogens with one attached hydrogen (secondary N) is 3. The number of rotatable bonds is 8. The second-order valence-corrected chi connectivity index (χ2v) is 10.4. The zero-order valence-corrected chi connectivity index (χ0v) is 20.0. The molecule has 2 aromatic carbocycles. The number of hydrogen-bond donors (Lipinski definition) is 3. The lowest BCUT2D eigenvalue weighted by Gasteiger charge is -2.27. The Morgan fingerprint density at radius 1 is 1.00 bits per heavy atom. The van der Waals surface area contributed by atoms with E-state index in [-0.39, 0.29) is 22.7 Å². The normalized spacial score (nSPS) is 16.5. The summed E-state index contributed by atoms with van der Waals surface area (Å²) < 4.78 is 33.7. The fourth-order valence-corrected chi connectivity index (χ4v) is 5.50. The molecule has 0 spiro atoms. The molecule has 3 amide bonds. The van der Waals surface area contributed by atoms with Crippen molar-refractivity contribution in [3.05, 3.63) is 48.0 Å². The topological polar surface area (TPSA) is 117 Å². The maximum absolute atomic E-state index is 13.3. The van der Waals surface area contributed by atoms with Gasteiger partial charge in [0.15, 0.2) is 0 Å². The number of hydrogen-bond acceptors (Lipinski definition) is 5. The number of amides is 3. The Labute approximate surface area is 199 Å². The maximum Gasteiger partial charge on any atom is 0.319 e. The van der Waals surface area contributed by atoms with E-state index in [1.807, 2.05) is 0 Å². The van der Waals surface area contributed by atoms with Crippen LogP contribution >= 0.6 is 0 Å². The molecule has 0 radical (unpaired) electrons. The lowest BCUT2D eigenvalue weighted by Crippen LogP contribution is -2.35. The highest BCUT2D eigenvalue weighted by Gasteiger charge is 2.29. The van der Waals surface area contributed by atoms with Gasteiger partial charge in [-0.15, -0.1) is 0 Å². The molecule has 4 rings (SSSR count). The minimum Gasteiger partial charge on any atom is -0.492 e. The molecule has 182 valence electrons. The Bertz CT molecular complexity index is 1160. The van der Waals surface area contributed by atoms with Crippen LogP contribution in [-0.2, 0) is 10.0 Å². The highest BCUT2D eigenvalue weighted by Crippen LogP contribution is 2.31. The van der Waals surface area contributed by atoms with Crippen molar-refractivity contribution < 1.29 is 22.7 Å². The zero-order valence-electron chi connectivity index (χ0n) is 19.2. The molecule has 0 bridgehead atoms. The van der Waals surface area contributed by atoms with Gasteiger partial charge < -0.3 is 20.7 Å². The Morgan fingerprint density at radius 3 is 2.44 bits per heavy atom. The number of carbonyl (C=O) groups is 2. The van der Waals surface area contributed by atoms with E-state index >= 15 is 0 Å². The Morgan fingerprint density at radius 2 is 1.74 bits per heavy atom. The Kier molecular flexibility index (Phi) is 7.38. The van der Waals surface area contributed by atoms with Gasteiger partial charge >= 0.3 is 6.03 Å². The molecular weight excluding hydrogens is 456 g/mol. The van der Waals surface area contributed by atoms with Crippen molar-refractivity contribution in [2.45, 2.75) is 50.0 Å². The van der Waals surface area contributed by atoms with Crippen molar-refractivity contribution in [2.75, 3.05) is 30.3 Å². The summed E-state index contributed by atoms with van der Waals surface area (Å²) in [6.07, 6.45) is 4.61. The van der Waals surface area contributed by atoms with Gasteiger partial charge in [0.1, 0.15) is 10.6 Å². The molecule has 2 aliphatic rings. The van der Waals surface area contributed by atoms with Gasteiger partial charge in [-0.3, -0.25) is 4.79 Å². The van der Waals surface area contributed by atoms with Gasteiger partial charge in [-0.2, -0.15) is 4.31 Å². The van der Waals surface area contributed by atoms with Crippen LogP contribution in [-0.4, -0.2) is 50.4 Å². The summed E-state index contributed by atoms with van der Waals surface area (Å²) in [4.78, 5) is 24.9. The standard InChI is InChI=1S/C24H30N4O5S/c1-2-33-21-12-11-20(16-22(21)34(31,32)28-13-4-3-5-14-28)25-23(29)17-7-6-8-19(15-17)27-24(30)26-18-9-10-18/h6-8,11-12,15-16,18H,2-5,9-10,13-14H2,1H3,(H,25,29)(H2,26,27,30). The monoisotopic (exact) mass is 486 g/mol. The van der Waals surface area contributed by atoms with Gasteiger partial charge in [0.05, 0.1) is 6.61 Å². The van der Waals surface area contributed by atoms with Crippen LogP contribution in [0.1, 0.15) is 49.4 Å². The van der Waals surface area contributed by atoms with Crippen LogP contribution in [0.4, 0.5) is 16.2 Å². The number of anilines is 2. The number of carbonyl (C=O) groups excluding carboxylic acids is 2. The quantitative estimate of drug-likeness (QED) is 0.525. The molecule has 1 aliphatic heterocycles. The van der Waals surface area contributed by atoms with Gasteiger partial charge in [0.2, 0.25) is 10.0 Å². The molecule has 9 nitrogen and oxygen atoms in total. The Balaban J connectivity index is 1.52. The molecule has 34 heavy (non-hydrogen) atoms. The van der Waals surface area contributed by atoms with E-state index < -0.39 is 15.9 Å². The number of urea groups is 1. The summed E-state index contributed by atoms with van der Waals surface area (Å²) in [5, 5.41) is 8.32. The number of benzene rings is 2. The molecule has 1 aliphatic carbocycles. The van der Waals surface area contributed by atoms with Crippen LogP contribution in [0.25, 0.3) is 0 Å². The average Bonchev–Trinajstić information content (AvgIpc) is 3.64. The molecule has 10 heteroatoms. The molecular formula is C24H30N4O5S.